The van der Waals surface area contributed by atoms with E-state index in [1.807, 2.05) is 36.4 Å². The van der Waals surface area contributed by atoms with Gasteiger partial charge in [0, 0.05) is 27.4 Å². The first-order valence-corrected chi connectivity index (χ1v) is 10.2. The van der Waals surface area contributed by atoms with Gasteiger partial charge in [-0.15, -0.1) is 0 Å². The van der Waals surface area contributed by atoms with E-state index in [9.17, 15) is 4.79 Å². The van der Waals surface area contributed by atoms with Gasteiger partial charge in [0.2, 0.25) is 5.89 Å². The van der Waals surface area contributed by atoms with E-state index in [1.54, 1.807) is 18.2 Å². The molecule has 1 heterocycles. The lowest BCUT2D eigenvalue weighted by Gasteiger charge is -2.18. The highest BCUT2D eigenvalue weighted by atomic mass is 79.9. The van der Waals surface area contributed by atoms with Crippen molar-refractivity contribution in [3.05, 3.63) is 82.3 Å². The van der Waals surface area contributed by atoms with E-state index in [0.717, 1.165) is 15.6 Å². The first kappa shape index (κ1) is 19.4. The van der Waals surface area contributed by atoms with Gasteiger partial charge in [0.15, 0.2) is 5.58 Å². The van der Waals surface area contributed by atoms with Crippen LogP contribution in [0.15, 0.2) is 75.6 Å². The number of amides is 1. The van der Waals surface area contributed by atoms with Crippen LogP contribution in [0.5, 0.6) is 0 Å². The molecule has 5 heteroatoms. The van der Waals surface area contributed by atoms with Gasteiger partial charge in [-0.1, -0.05) is 54.9 Å². The minimum Gasteiger partial charge on any atom is -0.436 e. The summed E-state index contributed by atoms with van der Waals surface area (Å²) >= 11 is 3.39. The van der Waals surface area contributed by atoms with Crippen molar-refractivity contribution in [1.29, 1.82) is 0 Å². The third-order valence-corrected chi connectivity index (χ3v) is 5.22. The molecular formula is C24H21BrN2O2. The third-order valence-electron chi connectivity index (χ3n) is 4.73. The molecule has 1 N–H and O–H groups in total. The molecule has 0 aliphatic heterocycles. The summed E-state index contributed by atoms with van der Waals surface area (Å²) < 4.78 is 6.82. The topological polar surface area (TPSA) is 55.1 Å². The lowest BCUT2D eigenvalue weighted by molar-refractivity contribution is 0.102. The summed E-state index contributed by atoms with van der Waals surface area (Å²) in [5.41, 5.74) is 4.91. The van der Waals surface area contributed by atoms with Crippen LogP contribution in [-0.4, -0.2) is 10.9 Å². The lowest BCUT2D eigenvalue weighted by Crippen LogP contribution is -2.11. The van der Waals surface area contributed by atoms with Crippen molar-refractivity contribution < 1.29 is 9.21 Å². The Kier molecular flexibility index (Phi) is 5.01. The smallest absolute Gasteiger partial charge is 0.255 e. The Bertz CT molecular complexity index is 1190. The van der Waals surface area contributed by atoms with E-state index < -0.39 is 0 Å². The quantitative estimate of drug-likeness (QED) is 0.374. The number of nitrogens with one attached hydrogen (secondary N) is 1. The van der Waals surface area contributed by atoms with Crippen molar-refractivity contribution in [2.45, 2.75) is 26.2 Å². The molecule has 0 bridgehead atoms. The van der Waals surface area contributed by atoms with E-state index in [4.69, 9.17) is 4.42 Å². The van der Waals surface area contributed by atoms with Gasteiger partial charge in [-0.2, -0.15) is 0 Å². The van der Waals surface area contributed by atoms with Gasteiger partial charge in [0.1, 0.15) is 5.52 Å². The summed E-state index contributed by atoms with van der Waals surface area (Å²) in [5.74, 6) is 0.388. The van der Waals surface area contributed by atoms with Crippen LogP contribution in [0.3, 0.4) is 0 Å². The molecule has 4 rings (SSSR count). The summed E-state index contributed by atoms with van der Waals surface area (Å²) in [4.78, 5) is 17.0. The number of oxazole rings is 1. The minimum atomic E-state index is -0.178. The fraction of sp³-hybridized carbons (Fsp3) is 0.167. The zero-order valence-corrected chi connectivity index (χ0v) is 18.1. The van der Waals surface area contributed by atoms with Gasteiger partial charge < -0.3 is 9.73 Å². The van der Waals surface area contributed by atoms with E-state index in [1.165, 1.54) is 5.56 Å². The van der Waals surface area contributed by atoms with Crippen LogP contribution in [-0.2, 0) is 5.41 Å². The predicted octanol–water partition coefficient (Wildman–Crippen LogP) is 6.81. The molecule has 0 fully saturated rings. The van der Waals surface area contributed by atoms with Crippen molar-refractivity contribution in [2.24, 2.45) is 0 Å². The summed E-state index contributed by atoms with van der Waals surface area (Å²) in [7, 11) is 0. The molecule has 0 atom stereocenters. The van der Waals surface area contributed by atoms with Crippen LogP contribution in [0.1, 0.15) is 36.7 Å². The number of rotatable bonds is 3. The van der Waals surface area contributed by atoms with Crippen LogP contribution in [0.25, 0.3) is 22.6 Å². The minimum absolute atomic E-state index is 0.0985. The van der Waals surface area contributed by atoms with Crippen molar-refractivity contribution >= 4 is 38.6 Å². The van der Waals surface area contributed by atoms with Crippen molar-refractivity contribution in [3.8, 4) is 11.5 Å². The first-order chi connectivity index (χ1) is 13.8. The second-order valence-corrected chi connectivity index (χ2v) is 8.91. The Morgan fingerprint density at radius 3 is 2.45 bits per heavy atom. The maximum absolute atomic E-state index is 12.5. The summed E-state index contributed by atoms with van der Waals surface area (Å²) in [6.45, 7) is 6.56. The van der Waals surface area contributed by atoms with Crippen molar-refractivity contribution in [3.63, 3.8) is 0 Å². The average molecular weight is 449 g/mol. The number of benzene rings is 3. The molecule has 0 radical (unpaired) electrons. The molecule has 1 aromatic heterocycles. The molecule has 0 unspecified atom stereocenters. The van der Waals surface area contributed by atoms with Crippen LogP contribution in [0.2, 0.25) is 0 Å². The first-order valence-electron chi connectivity index (χ1n) is 9.38. The van der Waals surface area contributed by atoms with Gasteiger partial charge in [-0.25, -0.2) is 4.98 Å². The van der Waals surface area contributed by atoms with Gasteiger partial charge >= 0.3 is 0 Å². The highest BCUT2D eigenvalue weighted by Crippen LogP contribution is 2.29. The van der Waals surface area contributed by atoms with Gasteiger partial charge in [-0.3, -0.25) is 4.79 Å². The van der Waals surface area contributed by atoms with Crippen molar-refractivity contribution in [2.75, 3.05) is 5.32 Å². The molecule has 0 saturated heterocycles. The average Bonchev–Trinajstić information content (AvgIpc) is 3.11. The molecule has 3 aromatic carbocycles. The predicted molar refractivity (Wildman–Crippen MR) is 120 cm³/mol. The van der Waals surface area contributed by atoms with Crippen LogP contribution >= 0.6 is 15.9 Å². The standard InChI is InChI=1S/C24H21BrN2O2/c1-24(2,3)17-9-7-15(8-10-17)23-27-20-12-11-19(14-21(20)29-23)26-22(28)16-5-4-6-18(25)13-16/h4-14H,1-3H3,(H,26,28). The Hall–Kier alpha value is -2.92. The number of aromatic nitrogens is 1. The number of carbonyl (C=O) groups is 1. The molecule has 146 valence electrons. The molecule has 4 aromatic rings. The van der Waals surface area contributed by atoms with Gasteiger partial charge in [0.25, 0.3) is 5.91 Å². The summed E-state index contributed by atoms with van der Waals surface area (Å²) in [6, 6.07) is 21.0. The molecule has 0 aliphatic rings. The van der Waals surface area contributed by atoms with Gasteiger partial charge in [-0.05, 0) is 53.4 Å². The molecule has 0 aliphatic carbocycles. The SMILES string of the molecule is CC(C)(C)c1ccc(-c2nc3ccc(NC(=O)c4cccc(Br)c4)cc3o2)cc1. The molecule has 29 heavy (non-hydrogen) atoms. The number of anilines is 1. The van der Waals surface area contributed by atoms with E-state index in [2.05, 4.69) is 59.1 Å². The number of halogens is 1. The fourth-order valence-corrected chi connectivity index (χ4v) is 3.47. The molecule has 0 saturated carbocycles. The zero-order chi connectivity index (χ0) is 20.6. The number of hydrogen-bond donors (Lipinski definition) is 1. The molecule has 4 nitrogen and oxygen atoms in total. The largest absolute Gasteiger partial charge is 0.436 e. The van der Waals surface area contributed by atoms with Crippen molar-refractivity contribution in [1.82, 2.24) is 4.98 Å². The van der Waals surface area contributed by atoms with Crippen LogP contribution in [0, 0.1) is 0 Å². The van der Waals surface area contributed by atoms with Gasteiger partial charge in [0.05, 0.1) is 0 Å². The maximum Gasteiger partial charge on any atom is 0.255 e. The highest BCUT2D eigenvalue weighted by Gasteiger charge is 2.15. The monoisotopic (exact) mass is 448 g/mol. The number of carbonyl (C=O) groups excluding carboxylic acids is 1. The van der Waals surface area contributed by atoms with Crippen LogP contribution < -0.4 is 5.32 Å². The Labute approximate surface area is 178 Å². The number of hydrogen-bond acceptors (Lipinski definition) is 3. The lowest BCUT2D eigenvalue weighted by atomic mass is 9.87. The Balaban J connectivity index is 1.58. The third kappa shape index (κ3) is 4.25. The normalized spacial score (nSPS) is 11.6. The summed E-state index contributed by atoms with van der Waals surface area (Å²) in [5, 5.41) is 2.90. The highest BCUT2D eigenvalue weighted by molar-refractivity contribution is 9.10. The number of fused-ring (bicyclic) bond motifs is 1. The zero-order valence-electron chi connectivity index (χ0n) is 16.5. The molecule has 0 spiro atoms. The van der Waals surface area contributed by atoms with Crippen LogP contribution in [0.4, 0.5) is 5.69 Å². The Morgan fingerprint density at radius 2 is 1.76 bits per heavy atom. The second kappa shape index (κ2) is 7.48. The van der Waals surface area contributed by atoms with E-state index in [0.29, 0.717) is 22.7 Å². The fourth-order valence-electron chi connectivity index (χ4n) is 3.07. The Morgan fingerprint density at radius 1 is 1.00 bits per heavy atom. The molecule has 1 amide bonds. The number of nitrogens with zero attached hydrogens (tertiary/aromatic N) is 1. The van der Waals surface area contributed by atoms with E-state index in [-0.39, 0.29) is 11.3 Å². The second-order valence-electron chi connectivity index (χ2n) is 7.99. The van der Waals surface area contributed by atoms with E-state index >= 15 is 0 Å². The maximum atomic E-state index is 12.5. The molecular weight excluding hydrogens is 428 g/mol. The summed E-state index contributed by atoms with van der Waals surface area (Å²) in [6.07, 6.45) is 0.